The van der Waals surface area contributed by atoms with E-state index in [2.05, 4.69) is 34.6 Å². The summed E-state index contributed by atoms with van der Waals surface area (Å²) in [4.78, 5) is 17.6. The normalized spacial score (nSPS) is 10.9. The van der Waals surface area contributed by atoms with Crippen molar-refractivity contribution in [3.05, 3.63) is 124 Å². The molecule has 4 aromatic carbocycles. The molecule has 6 nitrogen and oxygen atoms in total. The molecule has 0 saturated carbocycles. The van der Waals surface area contributed by atoms with Crippen LogP contribution in [0.4, 0.5) is 10.8 Å². The van der Waals surface area contributed by atoms with Gasteiger partial charge < -0.3 is 19.2 Å². The van der Waals surface area contributed by atoms with Gasteiger partial charge in [-0.05, 0) is 47.0 Å². The van der Waals surface area contributed by atoms with E-state index in [0.29, 0.717) is 40.1 Å². The molecule has 0 aliphatic rings. The minimum Gasteiger partial charge on any atom is -0.495 e. The van der Waals surface area contributed by atoms with E-state index in [-0.39, 0.29) is 0 Å². The maximum atomic E-state index is 13.0. The zero-order valence-electron chi connectivity index (χ0n) is 21.1. The number of hydrogen-bond donors (Lipinski definition) is 1. The molecule has 7 heteroatoms. The smallest absolute Gasteiger partial charge is 0.345 e. The van der Waals surface area contributed by atoms with Gasteiger partial charge in [-0.3, -0.25) is 0 Å². The number of thiazole rings is 1. The van der Waals surface area contributed by atoms with Crippen molar-refractivity contribution in [1.82, 2.24) is 4.98 Å². The van der Waals surface area contributed by atoms with Crippen LogP contribution in [0, 0.1) is 0 Å². The van der Waals surface area contributed by atoms with Crippen LogP contribution in [-0.2, 0) is 6.61 Å². The predicted octanol–water partition coefficient (Wildman–Crippen LogP) is 7.91. The van der Waals surface area contributed by atoms with Crippen LogP contribution in [0.25, 0.3) is 33.4 Å². The van der Waals surface area contributed by atoms with Gasteiger partial charge in [-0.1, -0.05) is 72.8 Å². The highest BCUT2D eigenvalue weighted by molar-refractivity contribution is 7.14. The number of aromatic nitrogens is 1. The van der Waals surface area contributed by atoms with Crippen LogP contribution in [-0.4, -0.2) is 12.1 Å². The van der Waals surface area contributed by atoms with Gasteiger partial charge in [0.15, 0.2) is 16.5 Å². The molecule has 0 fully saturated rings. The van der Waals surface area contributed by atoms with E-state index >= 15 is 0 Å². The largest absolute Gasteiger partial charge is 0.495 e. The lowest BCUT2D eigenvalue weighted by Gasteiger charge is -2.10. The minimum atomic E-state index is -0.473. The topological polar surface area (TPSA) is 73.6 Å². The molecule has 2 heterocycles. The Kier molecular flexibility index (Phi) is 6.80. The van der Waals surface area contributed by atoms with Gasteiger partial charge in [0.25, 0.3) is 0 Å². The first-order valence-corrected chi connectivity index (χ1v) is 13.3. The minimum absolute atomic E-state index is 0.343. The Morgan fingerprint density at radius 1 is 0.846 bits per heavy atom. The summed E-state index contributed by atoms with van der Waals surface area (Å²) in [6, 6.07) is 33.4. The summed E-state index contributed by atoms with van der Waals surface area (Å²) in [5.41, 5.74) is 4.94. The summed E-state index contributed by atoms with van der Waals surface area (Å²) in [5, 5.41) is 6.48. The number of fused-ring (bicyclic) bond motifs is 1. The van der Waals surface area contributed by atoms with E-state index in [9.17, 15) is 4.79 Å². The van der Waals surface area contributed by atoms with Crippen LogP contribution in [0.15, 0.2) is 118 Å². The fraction of sp³-hybridized carbons (Fsp3) is 0.0625. The maximum absolute atomic E-state index is 13.0. The molecule has 0 radical (unpaired) electrons. The number of benzene rings is 4. The second kappa shape index (κ2) is 10.8. The Balaban J connectivity index is 1.24. The molecule has 0 amide bonds. The van der Waals surface area contributed by atoms with Crippen LogP contribution in [0.3, 0.4) is 0 Å². The fourth-order valence-corrected chi connectivity index (χ4v) is 5.08. The highest BCUT2D eigenvalue weighted by Crippen LogP contribution is 2.32. The number of hydrogen-bond acceptors (Lipinski definition) is 7. The van der Waals surface area contributed by atoms with Gasteiger partial charge in [0.2, 0.25) is 0 Å². The lowest BCUT2D eigenvalue weighted by molar-refractivity contribution is 0.304. The summed E-state index contributed by atoms with van der Waals surface area (Å²) in [5.74, 6) is 1.22. The maximum Gasteiger partial charge on any atom is 0.345 e. The first-order valence-electron chi connectivity index (χ1n) is 12.4. The molecule has 0 aliphatic heterocycles. The van der Waals surface area contributed by atoms with Gasteiger partial charge in [0.05, 0.1) is 24.1 Å². The van der Waals surface area contributed by atoms with Crippen LogP contribution >= 0.6 is 11.3 Å². The highest BCUT2D eigenvalue weighted by atomic mass is 32.1. The van der Waals surface area contributed by atoms with Crippen molar-refractivity contribution in [2.75, 3.05) is 12.4 Å². The van der Waals surface area contributed by atoms with Crippen LogP contribution in [0.5, 0.6) is 11.5 Å². The Bertz CT molecular complexity index is 1810. The van der Waals surface area contributed by atoms with Crippen molar-refractivity contribution < 1.29 is 13.9 Å². The molecular formula is C32H24N2O4S. The fourth-order valence-electron chi connectivity index (χ4n) is 4.36. The summed E-state index contributed by atoms with van der Waals surface area (Å²) >= 11 is 1.40. The van der Waals surface area contributed by atoms with E-state index in [1.807, 2.05) is 78.2 Å². The van der Waals surface area contributed by atoms with Crippen molar-refractivity contribution >= 4 is 33.1 Å². The molecule has 0 bridgehead atoms. The van der Waals surface area contributed by atoms with Crippen molar-refractivity contribution in [3.63, 3.8) is 0 Å². The van der Waals surface area contributed by atoms with Gasteiger partial charge in [-0.25, -0.2) is 9.78 Å². The first kappa shape index (κ1) is 24.5. The number of rotatable bonds is 8. The average molecular weight is 533 g/mol. The SMILES string of the molecule is COc1ccccc1Nc1nc(-c2cc3cccc(OCc4cccc(-c5ccccc5)c4)c3oc2=O)cs1. The third kappa shape index (κ3) is 5.26. The zero-order valence-corrected chi connectivity index (χ0v) is 21.9. The lowest BCUT2D eigenvalue weighted by Crippen LogP contribution is -2.04. The Morgan fingerprint density at radius 2 is 1.62 bits per heavy atom. The Hall–Kier alpha value is -4.88. The molecule has 6 rings (SSSR count). The van der Waals surface area contributed by atoms with E-state index < -0.39 is 5.63 Å². The van der Waals surface area contributed by atoms with Gasteiger partial charge in [0, 0.05) is 10.8 Å². The number of ether oxygens (including phenoxy) is 2. The Labute approximate surface area is 229 Å². The van der Waals surface area contributed by atoms with Crippen molar-refractivity contribution in [3.8, 4) is 33.9 Å². The summed E-state index contributed by atoms with van der Waals surface area (Å²) in [6.45, 7) is 0.343. The average Bonchev–Trinajstić information content (AvgIpc) is 3.45. The molecule has 2 aromatic heterocycles. The summed E-state index contributed by atoms with van der Waals surface area (Å²) in [7, 11) is 1.62. The Morgan fingerprint density at radius 3 is 2.49 bits per heavy atom. The quantitative estimate of drug-likeness (QED) is 0.201. The third-order valence-corrected chi connectivity index (χ3v) is 7.04. The molecule has 0 atom stereocenters. The number of nitrogens with zero attached hydrogens (tertiary/aromatic N) is 1. The van der Waals surface area contributed by atoms with Crippen LogP contribution in [0.1, 0.15) is 5.56 Å². The van der Waals surface area contributed by atoms with E-state index in [0.717, 1.165) is 27.8 Å². The predicted molar refractivity (Wildman–Crippen MR) is 156 cm³/mol. The molecule has 1 N–H and O–H groups in total. The molecular weight excluding hydrogens is 508 g/mol. The van der Waals surface area contributed by atoms with Crippen molar-refractivity contribution in [2.24, 2.45) is 0 Å². The van der Waals surface area contributed by atoms with Gasteiger partial charge in [-0.15, -0.1) is 11.3 Å². The molecule has 0 spiro atoms. The van der Waals surface area contributed by atoms with E-state index in [1.165, 1.54) is 11.3 Å². The lowest BCUT2D eigenvalue weighted by atomic mass is 10.0. The second-order valence-electron chi connectivity index (χ2n) is 8.84. The summed E-state index contributed by atoms with van der Waals surface area (Å²) in [6.07, 6.45) is 0. The van der Waals surface area contributed by atoms with Crippen molar-refractivity contribution in [2.45, 2.75) is 6.61 Å². The molecule has 0 aliphatic carbocycles. The molecule has 6 aromatic rings. The van der Waals surface area contributed by atoms with Crippen LogP contribution < -0.4 is 20.4 Å². The first-order chi connectivity index (χ1) is 19.2. The third-order valence-electron chi connectivity index (χ3n) is 6.28. The van der Waals surface area contributed by atoms with E-state index in [1.54, 1.807) is 13.2 Å². The van der Waals surface area contributed by atoms with Crippen LogP contribution in [0.2, 0.25) is 0 Å². The number of nitrogens with one attached hydrogen (secondary N) is 1. The van der Waals surface area contributed by atoms with E-state index in [4.69, 9.17) is 13.9 Å². The molecule has 0 unspecified atom stereocenters. The number of methoxy groups -OCH3 is 1. The standard InChI is InChI=1S/C32H24N2O4S/c1-36-28-15-6-5-14-26(28)33-32-34-27(20-39-32)25-18-24-13-8-16-29(30(24)38-31(25)35)37-19-21-9-7-12-23(17-21)22-10-3-2-4-11-22/h2-18,20H,19H2,1H3,(H,33,34). The zero-order chi connectivity index (χ0) is 26.6. The van der Waals surface area contributed by atoms with Gasteiger partial charge >= 0.3 is 5.63 Å². The number of para-hydroxylation sites is 3. The monoisotopic (exact) mass is 532 g/mol. The van der Waals surface area contributed by atoms with Gasteiger partial charge in [-0.2, -0.15) is 0 Å². The van der Waals surface area contributed by atoms with Gasteiger partial charge in [0.1, 0.15) is 12.4 Å². The molecule has 192 valence electrons. The summed E-state index contributed by atoms with van der Waals surface area (Å²) < 4.78 is 17.3. The second-order valence-corrected chi connectivity index (χ2v) is 9.70. The molecule has 39 heavy (non-hydrogen) atoms. The highest BCUT2D eigenvalue weighted by Gasteiger charge is 2.15. The van der Waals surface area contributed by atoms with Crippen molar-refractivity contribution in [1.29, 1.82) is 0 Å². The molecule has 0 saturated heterocycles. The number of anilines is 2.